The molecule has 1 heterocycles. The molecule has 7 heteroatoms. The molecule has 0 aliphatic rings. The maximum Gasteiger partial charge on any atom is 0.285 e. The van der Waals surface area contributed by atoms with Gasteiger partial charge in [0, 0.05) is 29.1 Å². The minimum Gasteiger partial charge on any atom is -0.367 e. The summed E-state index contributed by atoms with van der Waals surface area (Å²) in [7, 11) is 0. The number of halogens is 1. The Hall–Kier alpha value is -4.62. The lowest BCUT2D eigenvalue weighted by molar-refractivity contribution is -0.385. The topological polar surface area (TPSA) is 91.9 Å². The van der Waals surface area contributed by atoms with Gasteiger partial charge in [-0.3, -0.25) is 20.5 Å². The van der Waals surface area contributed by atoms with Crippen LogP contribution in [0, 0.1) is 22.4 Å². The van der Waals surface area contributed by atoms with Crippen molar-refractivity contribution in [2.24, 2.45) is 0 Å². The molecule has 5 rings (SSSR count). The summed E-state index contributed by atoms with van der Waals surface area (Å²) in [6.07, 6.45) is 1.66. The highest BCUT2D eigenvalue weighted by molar-refractivity contribution is 9.10. The number of aryl methyl sites for hydroxylation is 1. The highest BCUT2D eigenvalue weighted by Gasteiger charge is 2.37. The minimum absolute atomic E-state index is 0.0944. The molecule has 0 fully saturated rings. The lowest BCUT2D eigenvalue weighted by Crippen LogP contribution is -2.38. The van der Waals surface area contributed by atoms with Gasteiger partial charge in [0.15, 0.2) is 0 Å². The average molecular weight is 577 g/mol. The van der Waals surface area contributed by atoms with Crippen LogP contribution in [-0.2, 0) is 5.54 Å². The normalized spacial score (nSPS) is 11.1. The molecule has 4 aromatic carbocycles. The van der Waals surface area contributed by atoms with E-state index in [0.29, 0.717) is 21.3 Å². The third-order valence-corrected chi connectivity index (χ3v) is 7.32. The molecule has 1 aromatic heterocycles. The number of nitro groups is 1. The Bertz CT molecular complexity index is 1550. The van der Waals surface area contributed by atoms with Gasteiger partial charge in [-0.25, -0.2) is 0 Å². The first-order valence-electron chi connectivity index (χ1n) is 12.3. The third-order valence-electron chi connectivity index (χ3n) is 6.68. The summed E-state index contributed by atoms with van der Waals surface area (Å²) in [6.45, 7) is 1.87. The lowest BCUT2D eigenvalue weighted by atomic mass is 9.76. The van der Waals surface area contributed by atoms with Crippen molar-refractivity contribution in [1.29, 1.82) is 5.41 Å². The van der Waals surface area contributed by atoms with Crippen molar-refractivity contribution in [1.82, 2.24) is 4.98 Å². The van der Waals surface area contributed by atoms with Gasteiger partial charge in [0.25, 0.3) is 5.69 Å². The first-order valence-corrected chi connectivity index (χ1v) is 13.1. The van der Waals surface area contributed by atoms with Crippen LogP contribution >= 0.6 is 15.9 Å². The molecule has 0 atom stereocenters. The summed E-state index contributed by atoms with van der Waals surface area (Å²) >= 11 is 3.37. The molecule has 0 saturated carbocycles. The number of rotatable bonds is 8. The molecule has 0 spiro atoms. The van der Waals surface area contributed by atoms with Gasteiger partial charge in [0.2, 0.25) is 0 Å². The molecule has 192 valence electrons. The van der Waals surface area contributed by atoms with Crippen LogP contribution in [0.1, 0.15) is 33.5 Å². The molecule has 0 bridgehead atoms. The van der Waals surface area contributed by atoms with Gasteiger partial charge in [-0.2, -0.15) is 0 Å². The fourth-order valence-corrected chi connectivity index (χ4v) is 5.34. The van der Waals surface area contributed by atoms with Crippen molar-refractivity contribution >= 4 is 33.0 Å². The van der Waals surface area contributed by atoms with Crippen LogP contribution in [0.5, 0.6) is 0 Å². The van der Waals surface area contributed by atoms with Crippen LogP contribution in [-0.4, -0.2) is 15.6 Å². The summed E-state index contributed by atoms with van der Waals surface area (Å²) in [5.41, 5.74) is 4.47. The van der Waals surface area contributed by atoms with Gasteiger partial charge in [-0.1, -0.05) is 91.0 Å². The summed E-state index contributed by atoms with van der Waals surface area (Å²) < 4.78 is 0.299. The van der Waals surface area contributed by atoms with Crippen LogP contribution in [0.15, 0.2) is 126 Å². The Kier molecular flexibility index (Phi) is 7.34. The second-order valence-electron chi connectivity index (χ2n) is 9.14. The monoisotopic (exact) mass is 576 g/mol. The quantitative estimate of drug-likeness (QED) is 0.0850. The maximum atomic E-state index is 12.0. The molecule has 0 saturated heterocycles. The summed E-state index contributed by atoms with van der Waals surface area (Å²) in [6, 6.07) is 36.7. The van der Waals surface area contributed by atoms with E-state index in [1.165, 1.54) is 6.07 Å². The number of aromatic nitrogens is 1. The molecule has 2 N–H and O–H groups in total. The smallest absolute Gasteiger partial charge is 0.285 e. The first kappa shape index (κ1) is 26.0. The zero-order valence-corrected chi connectivity index (χ0v) is 22.7. The van der Waals surface area contributed by atoms with Crippen molar-refractivity contribution in [2.75, 3.05) is 5.32 Å². The van der Waals surface area contributed by atoms with E-state index in [0.717, 1.165) is 22.4 Å². The Morgan fingerprint density at radius 3 is 1.82 bits per heavy atom. The third kappa shape index (κ3) is 5.09. The van der Waals surface area contributed by atoms with Crippen LogP contribution in [0.4, 0.5) is 11.4 Å². The largest absolute Gasteiger partial charge is 0.367 e. The van der Waals surface area contributed by atoms with E-state index in [1.807, 2.05) is 104 Å². The minimum atomic E-state index is -0.922. The number of nitrogens with one attached hydrogen (secondary N) is 2. The lowest BCUT2D eigenvalue weighted by Gasteiger charge is -2.38. The second-order valence-corrected chi connectivity index (χ2v) is 9.99. The van der Waals surface area contributed by atoms with Gasteiger partial charge in [0.1, 0.15) is 5.54 Å². The highest BCUT2D eigenvalue weighted by Crippen LogP contribution is 2.42. The fourth-order valence-electron chi connectivity index (χ4n) is 4.85. The van der Waals surface area contributed by atoms with Crippen LogP contribution in [0.3, 0.4) is 0 Å². The molecular weight excluding hydrogens is 552 g/mol. The number of hydrogen-bond donors (Lipinski definition) is 2. The van der Waals surface area contributed by atoms with Crippen LogP contribution in [0.25, 0.3) is 0 Å². The number of benzene rings is 4. The van der Waals surface area contributed by atoms with E-state index in [9.17, 15) is 10.1 Å². The molecule has 6 nitrogen and oxygen atoms in total. The molecule has 0 aliphatic carbocycles. The fraction of sp³-hybridized carbons (Fsp3) is 0.0625. The molecule has 5 aromatic rings. The summed E-state index contributed by atoms with van der Waals surface area (Å²) in [5.74, 6) is 0. The van der Waals surface area contributed by atoms with E-state index in [4.69, 9.17) is 5.41 Å². The summed E-state index contributed by atoms with van der Waals surface area (Å²) in [4.78, 5) is 15.9. The Labute approximate surface area is 235 Å². The predicted octanol–water partition coefficient (Wildman–Crippen LogP) is 7.88. The standard InChI is InChI=1S/C32H25BrN4O2/c1-22-19-23(17-18-35-22)31(34)27-20-28(33)30(37(38)39)21-29(27)36-32(24-11-5-2-6-12-24,25-13-7-3-8-14-25)26-15-9-4-10-16-26/h2-21,34,36H,1H3. The molecule has 39 heavy (non-hydrogen) atoms. The van der Waals surface area contributed by atoms with Crippen molar-refractivity contribution in [3.05, 3.63) is 170 Å². The second kappa shape index (κ2) is 11.0. The van der Waals surface area contributed by atoms with E-state index in [2.05, 4.69) is 26.2 Å². The van der Waals surface area contributed by atoms with Crippen LogP contribution in [0.2, 0.25) is 0 Å². The molecule has 0 aliphatic heterocycles. The number of nitro benzene ring substituents is 1. The van der Waals surface area contributed by atoms with E-state index >= 15 is 0 Å². The zero-order chi connectivity index (χ0) is 27.4. The van der Waals surface area contributed by atoms with E-state index in [1.54, 1.807) is 18.3 Å². The zero-order valence-electron chi connectivity index (χ0n) is 21.1. The average Bonchev–Trinajstić information content (AvgIpc) is 2.97. The maximum absolute atomic E-state index is 12.0. The van der Waals surface area contributed by atoms with Gasteiger partial charge < -0.3 is 5.32 Å². The number of hydrogen-bond acceptors (Lipinski definition) is 5. The Balaban J connectivity index is 1.81. The van der Waals surface area contributed by atoms with Gasteiger partial charge in [0.05, 0.1) is 20.8 Å². The van der Waals surface area contributed by atoms with E-state index in [-0.39, 0.29) is 11.4 Å². The van der Waals surface area contributed by atoms with Gasteiger partial charge in [-0.15, -0.1) is 0 Å². The van der Waals surface area contributed by atoms with Crippen molar-refractivity contribution in [3.8, 4) is 0 Å². The van der Waals surface area contributed by atoms with E-state index < -0.39 is 10.5 Å². The predicted molar refractivity (Wildman–Crippen MR) is 159 cm³/mol. The number of nitrogens with zero attached hydrogens (tertiary/aromatic N) is 2. The van der Waals surface area contributed by atoms with Gasteiger partial charge >= 0.3 is 0 Å². The number of pyridine rings is 1. The highest BCUT2D eigenvalue weighted by atomic mass is 79.9. The Morgan fingerprint density at radius 2 is 1.36 bits per heavy atom. The molecule has 0 radical (unpaired) electrons. The van der Waals surface area contributed by atoms with Crippen molar-refractivity contribution in [3.63, 3.8) is 0 Å². The Morgan fingerprint density at radius 1 is 0.846 bits per heavy atom. The van der Waals surface area contributed by atoms with Crippen molar-refractivity contribution < 1.29 is 4.92 Å². The molecule has 0 unspecified atom stereocenters. The first-order chi connectivity index (χ1) is 18.9. The summed E-state index contributed by atoms with van der Waals surface area (Å²) in [5, 5.41) is 24.9. The van der Waals surface area contributed by atoms with Crippen molar-refractivity contribution in [2.45, 2.75) is 12.5 Å². The number of anilines is 1. The van der Waals surface area contributed by atoms with Crippen LogP contribution < -0.4 is 5.32 Å². The molecular formula is C32H25BrN4O2. The molecule has 0 amide bonds. The van der Waals surface area contributed by atoms with Gasteiger partial charge in [-0.05, 0) is 57.7 Å². The SMILES string of the molecule is Cc1cc(C(=N)c2cc(Br)c([N+](=O)[O-])cc2NC(c2ccccc2)(c2ccccc2)c2ccccc2)ccn1.